The second kappa shape index (κ2) is 6.82. The molecule has 0 saturated heterocycles. The third kappa shape index (κ3) is 2.75. The summed E-state index contributed by atoms with van der Waals surface area (Å²) in [6.07, 6.45) is 0. The lowest BCUT2D eigenvalue weighted by atomic mass is 9.82. The van der Waals surface area contributed by atoms with Crippen LogP contribution in [0.5, 0.6) is 5.75 Å². The van der Waals surface area contributed by atoms with E-state index in [1.807, 2.05) is 0 Å². The van der Waals surface area contributed by atoms with E-state index in [1.165, 1.54) is 24.3 Å². The van der Waals surface area contributed by atoms with Gasteiger partial charge in [-0.2, -0.15) is 10.5 Å². The van der Waals surface area contributed by atoms with Crippen LogP contribution in [-0.2, 0) is 0 Å². The van der Waals surface area contributed by atoms with Crippen molar-refractivity contribution in [2.75, 3.05) is 12.4 Å². The highest BCUT2D eigenvalue weighted by Gasteiger charge is 2.33. The van der Waals surface area contributed by atoms with E-state index in [0.717, 1.165) is 11.3 Å². The number of nitriles is 2. The monoisotopic (exact) mass is 369 g/mol. The molecule has 3 rings (SSSR count). The van der Waals surface area contributed by atoms with Gasteiger partial charge in [0, 0.05) is 7.05 Å². The molecule has 26 heavy (non-hydrogen) atoms. The number of fused-ring (bicyclic) bond motifs is 1. The lowest BCUT2D eigenvalue weighted by Crippen LogP contribution is -2.23. The molecule has 1 atom stereocenters. The van der Waals surface area contributed by atoms with E-state index in [4.69, 9.17) is 0 Å². The minimum absolute atomic E-state index is 0.0147. The van der Waals surface area contributed by atoms with Crippen LogP contribution in [0.25, 0.3) is 10.3 Å². The number of hydrogen-bond donors (Lipinski definition) is 3. The Morgan fingerprint density at radius 3 is 2.65 bits per heavy atom. The van der Waals surface area contributed by atoms with Crippen molar-refractivity contribution in [3.63, 3.8) is 0 Å². The number of anilines is 1. The Hall–Kier alpha value is -3.43. The van der Waals surface area contributed by atoms with Crippen LogP contribution in [0.4, 0.5) is 9.52 Å². The Balaban J connectivity index is 2.35. The largest absolute Gasteiger partial charge is 0.506 e. The zero-order valence-electron chi connectivity index (χ0n) is 13.4. The quantitative estimate of drug-likeness (QED) is 0.649. The second-order valence-corrected chi connectivity index (χ2v) is 6.40. The Bertz CT molecular complexity index is 1110. The molecule has 2 heterocycles. The highest BCUT2D eigenvalue weighted by atomic mass is 32.1. The number of rotatable bonds is 4. The molecule has 130 valence electrons. The van der Waals surface area contributed by atoms with Gasteiger partial charge in [0.25, 0.3) is 5.56 Å². The number of benzene rings is 1. The molecule has 0 aliphatic rings. The molecular weight excluding hydrogens is 357 g/mol. The van der Waals surface area contributed by atoms with Crippen LogP contribution in [0.3, 0.4) is 0 Å². The molecule has 0 saturated carbocycles. The van der Waals surface area contributed by atoms with Crippen LogP contribution in [0.1, 0.15) is 17.0 Å². The van der Waals surface area contributed by atoms with Gasteiger partial charge in [-0.05, 0) is 11.6 Å². The third-order valence-electron chi connectivity index (χ3n) is 3.95. The Labute approximate surface area is 151 Å². The van der Waals surface area contributed by atoms with Gasteiger partial charge < -0.3 is 15.4 Å². The normalized spacial score (nSPS) is 11.9. The second-order valence-electron chi connectivity index (χ2n) is 5.40. The fourth-order valence-electron chi connectivity index (χ4n) is 2.77. The summed E-state index contributed by atoms with van der Waals surface area (Å²) < 4.78 is 14.6. The zero-order chi connectivity index (χ0) is 18.8. The number of hydrogen-bond acceptors (Lipinski definition) is 7. The first kappa shape index (κ1) is 17.4. The SMILES string of the molecule is CNc1nc2[nH]c(=O)c(C(c3ccccc3F)C(C#N)C#N)c(O)c2s1. The van der Waals surface area contributed by atoms with E-state index in [2.05, 4.69) is 15.3 Å². The molecule has 2 aromatic heterocycles. The first-order chi connectivity index (χ1) is 12.5. The number of halogens is 1. The molecule has 0 radical (unpaired) electrons. The Kier molecular flexibility index (Phi) is 4.57. The minimum atomic E-state index is -1.37. The predicted molar refractivity (Wildman–Crippen MR) is 94.4 cm³/mol. The van der Waals surface area contributed by atoms with Crippen molar-refractivity contribution >= 4 is 26.8 Å². The maximum atomic E-state index is 14.4. The summed E-state index contributed by atoms with van der Waals surface area (Å²) in [4.78, 5) is 19.2. The van der Waals surface area contributed by atoms with E-state index in [1.54, 1.807) is 19.2 Å². The van der Waals surface area contributed by atoms with E-state index < -0.39 is 29.0 Å². The average Bonchev–Trinajstić information content (AvgIpc) is 3.05. The highest BCUT2D eigenvalue weighted by molar-refractivity contribution is 7.22. The summed E-state index contributed by atoms with van der Waals surface area (Å²) in [5.74, 6) is -3.70. The summed E-state index contributed by atoms with van der Waals surface area (Å²) in [6, 6.07) is 9.11. The summed E-state index contributed by atoms with van der Waals surface area (Å²) >= 11 is 1.09. The van der Waals surface area contributed by atoms with Crippen molar-refractivity contribution < 1.29 is 9.50 Å². The van der Waals surface area contributed by atoms with Crippen molar-refractivity contribution in [1.82, 2.24) is 9.97 Å². The minimum Gasteiger partial charge on any atom is -0.506 e. The van der Waals surface area contributed by atoms with Gasteiger partial charge in [0.15, 0.2) is 10.8 Å². The van der Waals surface area contributed by atoms with Gasteiger partial charge in [0.05, 0.1) is 23.6 Å². The number of thiazole rings is 1. The highest BCUT2D eigenvalue weighted by Crippen LogP contribution is 2.40. The van der Waals surface area contributed by atoms with Crippen LogP contribution in [0.15, 0.2) is 29.1 Å². The van der Waals surface area contributed by atoms with Crippen LogP contribution in [0.2, 0.25) is 0 Å². The third-order valence-corrected chi connectivity index (χ3v) is 5.03. The fraction of sp³-hybridized carbons (Fsp3) is 0.176. The standard InChI is InChI=1S/C17H12FN5O2S/c1-21-17-23-15-14(26-17)13(24)12(16(25)22-15)11(8(6-19)7-20)9-4-2-3-5-10(9)18/h2-5,8,11H,1H3,(H3,21,22,23,24,25). The van der Waals surface area contributed by atoms with Gasteiger partial charge in [-0.1, -0.05) is 29.5 Å². The maximum absolute atomic E-state index is 14.4. The molecule has 7 nitrogen and oxygen atoms in total. The van der Waals surface area contributed by atoms with E-state index in [0.29, 0.717) is 5.13 Å². The molecule has 0 fully saturated rings. The molecule has 0 aliphatic heterocycles. The van der Waals surface area contributed by atoms with Crippen LogP contribution in [-0.4, -0.2) is 22.1 Å². The average molecular weight is 369 g/mol. The first-order valence-electron chi connectivity index (χ1n) is 7.48. The lowest BCUT2D eigenvalue weighted by Gasteiger charge is -2.19. The molecule has 3 aromatic rings. The number of pyridine rings is 1. The fourth-order valence-corrected chi connectivity index (χ4v) is 3.60. The Morgan fingerprint density at radius 2 is 2.04 bits per heavy atom. The van der Waals surface area contributed by atoms with Crippen molar-refractivity contribution in [2.45, 2.75) is 5.92 Å². The van der Waals surface area contributed by atoms with E-state index in [9.17, 15) is 24.8 Å². The van der Waals surface area contributed by atoms with Crippen LogP contribution < -0.4 is 10.9 Å². The number of aromatic nitrogens is 2. The number of nitrogens with zero attached hydrogens (tertiary/aromatic N) is 3. The van der Waals surface area contributed by atoms with Gasteiger partial charge in [-0.3, -0.25) is 4.79 Å². The van der Waals surface area contributed by atoms with E-state index in [-0.39, 0.29) is 21.5 Å². The number of H-pyrrole nitrogens is 1. The first-order valence-corrected chi connectivity index (χ1v) is 8.30. The van der Waals surface area contributed by atoms with Gasteiger partial charge in [0.1, 0.15) is 22.2 Å². The number of nitrogens with one attached hydrogen (secondary N) is 2. The molecule has 9 heteroatoms. The summed E-state index contributed by atoms with van der Waals surface area (Å²) in [5.41, 5.74) is -0.809. The van der Waals surface area contributed by atoms with Crippen molar-refractivity contribution in [3.8, 4) is 17.9 Å². The maximum Gasteiger partial charge on any atom is 0.257 e. The van der Waals surface area contributed by atoms with Gasteiger partial charge in [0.2, 0.25) is 0 Å². The summed E-state index contributed by atoms with van der Waals surface area (Å²) in [7, 11) is 1.64. The van der Waals surface area contributed by atoms with Crippen molar-refractivity contribution in [2.24, 2.45) is 5.92 Å². The molecule has 0 bridgehead atoms. The Morgan fingerprint density at radius 1 is 1.35 bits per heavy atom. The van der Waals surface area contributed by atoms with Gasteiger partial charge in [-0.25, -0.2) is 9.37 Å². The zero-order valence-corrected chi connectivity index (χ0v) is 14.3. The summed E-state index contributed by atoms with van der Waals surface area (Å²) in [5, 5.41) is 32.6. The molecule has 3 N–H and O–H groups in total. The molecule has 0 aliphatic carbocycles. The molecule has 0 amide bonds. The molecule has 0 spiro atoms. The van der Waals surface area contributed by atoms with Crippen molar-refractivity contribution in [1.29, 1.82) is 10.5 Å². The van der Waals surface area contributed by atoms with Crippen LogP contribution in [0, 0.1) is 34.4 Å². The molecular formula is C17H12FN5O2S. The predicted octanol–water partition coefficient (Wildman–Crippen LogP) is 2.67. The molecule has 1 aromatic carbocycles. The van der Waals surface area contributed by atoms with Crippen LogP contribution >= 0.6 is 11.3 Å². The smallest absolute Gasteiger partial charge is 0.257 e. The summed E-state index contributed by atoms with van der Waals surface area (Å²) in [6.45, 7) is 0. The van der Waals surface area contributed by atoms with Gasteiger partial charge in [-0.15, -0.1) is 0 Å². The lowest BCUT2D eigenvalue weighted by molar-refractivity contribution is 0.464. The van der Waals surface area contributed by atoms with Crippen molar-refractivity contribution in [3.05, 3.63) is 51.6 Å². The van der Waals surface area contributed by atoms with Gasteiger partial charge >= 0.3 is 0 Å². The topological polar surface area (TPSA) is 126 Å². The van der Waals surface area contributed by atoms with E-state index >= 15 is 0 Å². The molecule has 1 unspecified atom stereocenters. The number of aromatic hydroxyl groups is 1. The number of aromatic amines is 1.